The quantitative estimate of drug-likeness (QED) is 0.154. The number of aliphatic hydroxyl groups is 1. The van der Waals surface area contributed by atoms with Crippen LogP contribution in [-0.2, 0) is 19.2 Å². The van der Waals surface area contributed by atoms with E-state index < -0.39 is 29.2 Å². The Morgan fingerprint density at radius 2 is 2.24 bits per heavy atom. The van der Waals surface area contributed by atoms with Gasteiger partial charge in [-0.3, -0.25) is 14.5 Å². The van der Waals surface area contributed by atoms with Crippen LogP contribution in [0.1, 0.15) is 18.5 Å². The maximum Gasteiger partial charge on any atom is 0.352 e. The molecule has 3 aliphatic heterocycles. The Morgan fingerprint density at radius 1 is 1.47 bits per heavy atom. The Bertz CT molecular complexity index is 1070. The van der Waals surface area contributed by atoms with E-state index in [9.17, 15) is 24.6 Å². The van der Waals surface area contributed by atoms with Gasteiger partial charge in [0, 0.05) is 29.5 Å². The number of nitrogens with zero attached hydrogens (tertiary/aromatic N) is 4. The van der Waals surface area contributed by atoms with Gasteiger partial charge in [-0.05, 0) is 0 Å². The number of hydrogen-bond donors (Lipinski definition) is 4. The van der Waals surface area contributed by atoms with Gasteiger partial charge in [0.2, 0.25) is 0 Å². The number of carboxylic acids is 1. The second kappa shape index (κ2) is 9.52. The number of anilines is 1. The largest absolute Gasteiger partial charge is 0.477 e. The van der Waals surface area contributed by atoms with Crippen molar-refractivity contribution in [3.63, 3.8) is 0 Å². The average molecular weight is 512 g/mol. The number of fused-ring (bicyclic) bond motifs is 1. The minimum Gasteiger partial charge on any atom is -0.477 e. The van der Waals surface area contributed by atoms with Crippen LogP contribution in [0.5, 0.6) is 0 Å². The number of β-lactam (4-membered cyclic amide) rings is 1. The lowest BCUT2D eigenvalue weighted by molar-refractivity contribution is -0.917. The Morgan fingerprint density at radius 3 is 2.85 bits per heavy atom. The van der Waals surface area contributed by atoms with Crippen molar-refractivity contribution in [3.8, 4) is 0 Å². The van der Waals surface area contributed by atoms with Gasteiger partial charge in [-0.1, -0.05) is 5.16 Å². The first kappa shape index (κ1) is 24.4. The van der Waals surface area contributed by atoms with E-state index in [1.165, 1.54) is 23.8 Å². The number of quaternary nitrogens is 1. The molecule has 1 aromatic rings. The number of aliphatic carboxylic acids is 1. The van der Waals surface area contributed by atoms with Crippen LogP contribution in [0, 0.1) is 0 Å². The number of likely N-dealkylation sites (tertiary alicyclic amines) is 1. The lowest BCUT2D eigenvalue weighted by Crippen LogP contribution is -2.71. The van der Waals surface area contributed by atoms with E-state index >= 15 is 0 Å². The molecule has 14 heteroatoms. The second-order valence-corrected chi connectivity index (χ2v) is 10.6. The van der Waals surface area contributed by atoms with E-state index in [-0.39, 0.29) is 34.9 Å². The molecule has 2 fully saturated rings. The number of rotatable bonds is 8. The van der Waals surface area contributed by atoms with E-state index in [4.69, 9.17) is 10.6 Å². The van der Waals surface area contributed by atoms with Crippen LogP contribution in [0.2, 0.25) is 0 Å². The van der Waals surface area contributed by atoms with Crippen molar-refractivity contribution in [2.45, 2.75) is 30.3 Å². The third-order valence-corrected chi connectivity index (χ3v) is 8.56. The van der Waals surface area contributed by atoms with Crippen LogP contribution < -0.4 is 11.1 Å². The summed E-state index contributed by atoms with van der Waals surface area (Å²) in [6, 6.07) is -0.865. The molecule has 2 saturated heterocycles. The van der Waals surface area contributed by atoms with Gasteiger partial charge in [0.25, 0.3) is 11.8 Å². The zero-order valence-electron chi connectivity index (χ0n) is 18.8. The summed E-state index contributed by atoms with van der Waals surface area (Å²) in [7, 11) is 3.30. The Hall–Kier alpha value is -2.68. The number of aromatic nitrogens is 1. The number of hydrogen-bond acceptors (Lipinski definition) is 10. The number of carbonyl (C=O) groups excluding carboxylic acids is 2. The summed E-state index contributed by atoms with van der Waals surface area (Å²) in [5.74, 6) is -1.93. The van der Waals surface area contributed by atoms with Crippen LogP contribution >= 0.6 is 23.1 Å². The predicted molar refractivity (Wildman–Crippen MR) is 126 cm³/mol. The van der Waals surface area contributed by atoms with E-state index in [2.05, 4.69) is 15.5 Å². The molecular formula is C20H27N6O6S2+. The molecular weight excluding hydrogens is 484 g/mol. The first-order valence-electron chi connectivity index (χ1n) is 10.7. The molecule has 184 valence electrons. The normalized spacial score (nSPS) is 29.0. The summed E-state index contributed by atoms with van der Waals surface area (Å²) in [5.41, 5.74) is 6.37. The van der Waals surface area contributed by atoms with Gasteiger partial charge >= 0.3 is 5.97 Å². The third kappa shape index (κ3) is 4.26. The summed E-state index contributed by atoms with van der Waals surface area (Å²) in [6.45, 7) is 1.32. The zero-order chi connectivity index (χ0) is 24.6. The van der Waals surface area contributed by atoms with Gasteiger partial charge in [0.1, 0.15) is 42.5 Å². The van der Waals surface area contributed by atoms with Crippen molar-refractivity contribution in [1.82, 2.24) is 15.2 Å². The maximum absolute atomic E-state index is 13.0. The number of aliphatic hydroxyl groups excluding tert-OH is 1. The van der Waals surface area contributed by atoms with Crippen LogP contribution in [-0.4, -0.2) is 105 Å². The van der Waals surface area contributed by atoms with Crippen molar-refractivity contribution in [3.05, 3.63) is 22.3 Å². The second-order valence-electron chi connectivity index (χ2n) is 8.65. The van der Waals surface area contributed by atoms with Gasteiger partial charge in [-0.2, -0.15) is 0 Å². The number of nitrogens with two attached hydrogens (primary N) is 1. The molecule has 0 aliphatic carbocycles. The maximum atomic E-state index is 13.0. The highest BCUT2D eigenvalue weighted by Crippen LogP contribution is 2.41. The number of oxime groups is 1. The van der Waals surface area contributed by atoms with E-state index in [1.807, 2.05) is 7.05 Å². The number of nitrogen functional groups attached to an aromatic ring is 1. The highest BCUT2D eigenvalue weighted by atomic mass is 32.2. The van der Waals surface area contributed by atoms with Gasteiger partial charge in [0.05, 0.1) is 20.2 Å². The fourth-order valence-corrected chi connectivity index (χ4v) is 6.70. The van der Waals surface area contributed by atoms with Gasteiger partial charge in [0.15, 0.2) is 10.8 Å². The van der Waals surface area contributed by atoms with Gasteiger partial charge in [-0.25, -0.2) is 9.78 Å². The highest BCUT2D eigenvalue weighted by molar-refractivity contribution is 8.00. The topological polar surface area (TPSA) is 167 Å². The molecule has 0 bridgehead atoms. The van der Waals surface area contributed by atoms with Crippen LogP contribution in [0.25, 0.3) is 0 Å². The standard InChI is InChI=1S/C20H26N6O6S2/c1-26(5-3-4-11(26)7-27)6-10-8-33-18-14(17(29)25(18)15(10)19(30)31)23-16(28)13(24-32-2)12-9-34-20(21)22-12/h9,11,14,18,27H,3-8H2,1-2H3,(H3-,21,22,23,28,30,31)/p+1/b24-13-/t11-,14+,18+,26-/m0/s1. The minimum absolute atomic E-state index is 0.0276. The number of carbonyl (C=O) groups is 3. The number of amides is 2. The molecule has 4 rings (SSSR count). The Labute approximate surface area is 204 Å². The Kier molecular flexibility index (Phi) is 6.85. The third-order valence-electron chi connectivity index (χ3n) is 6.55. The summed E-state index contributed by atoms with van der Waals surface area (Å²) in [6.07, 6.45) is 1.84. The van der Waals surface area contributed by atoms with Crippen molar-refractivity contribution in [1.29, 1.82) is 0 Å². The molecule has 5 N–H and O–H groups in total. The fourth-order valence-electron chi connectivity index (χ4n) is 4.82. The molecule has 34 heavy (non-hydrogen) atoms. The van der Waals surface area contributed by atoms with Crippen LogP contribution in [0.3, 0.4) is 0 Å². The molecule has 1 aromatic heterocycles. The SMILES string of the molecule is CO/N=C(\C(=O)N[C@@H]1C(=O)N2C(C(=O)O)=C(C[N@+]3(C)CCC[C@H]3CO)CS[C@H]12)c1csc(N)n1. The molecule has 12 nitrogen and oxygen atoms in total. The molecule has 3 aliphatic rings. The van der Waals surface area contributed by atoms with Gasteiger partial charge in [-0.15, -0.1) is 23.1 Å². The lowest BCUT2D eigenvalue weighted by atomic mass is 10.0. The summed E-state index contributed by atoms with van der Waals surface area (Å²) < 4.78 is 0.545. The molecule has 2 amide bonds. The Balaban J connectivity index is 1.53. The fraction of sp³-hybridized carbons (Fsp3) is 0.550. The zero-order valence-corrected chi connectivity index (χ0v) is 20.4. The smallest absolute Gasteiger partial charge is 0.352 e. The summed E-state index contributed by atoms with van der Waals surface area (Å²) >= 11 is 2.54. The molecule has 0 radical (unpaired) electrons. The van der Waals surface area contributed by atoms with E-state index in [0.29, 0.717) is 22.4 Å². The van der Waals surface area contributed by atoms with Crippen LogP contribution in [0.15, 0.2) is 21.8 Å². The van der Waals surface area contributed by atoms with E-state index in [0.717, 1.165) is 30.7 Å². The monoisotopic (exact) mass is 511 g/mol. The molecule has 4 heterocycles. The number of thioether (sulfide) groups is 1. The lowest BCUT2D eigenvalue weighted by Gasteiger charge is -2.50. The van der Waals surface area contributed by atoms with Crippen molar-refractivity contribution in [2.75, 3.05) is 45.3 Å². The molecule has 0 saturated carbocycles. The average Bonchev–Trinajstić information content (AvgIpc) is 3.39. The van der Waals surface area contributed by atoms with E-state index in [1.54, 1.807) is 5.38 Å². The van der Waals surface area contributed by atoms with Crippen LogP contribution in [0.4, 0.5) is 5.13 Å². The molecule has 0 aromatic carbocycles. The number of likely N-dealkylation sites (N-methyl/N-ethyl adjacent to an activating group) is 1. The first-order valence-corrected chi connectivity index (χ1v) is 12.6. The number of carboxylic acid groups (broad SMARTS) is 1. The summed E-state index contributed by atoms with van der Waals surface area (Å²) in [5, 5.41) is 27.3. The highest BCUT2D eigenvalue weighted by Gasteiger charge is 2.55. The van der Waals surface area contributed by atoms with Gasteiger partial charge < -0.3 is 30.6 Å². The molecule has 0 spiro atoms. The summed E-state index contributed by atoms with van der Waals surface area (Å²) in [4.78, 5) is 48.1. The molecule has 0 unspecified atom stereocenters. The number of nitrogens with one attached hydrogen (secondary N) is 1. The molecule has 4 atom stereocenters. The number of thiazole rings is 1. The predicted octanol–water partition coefficient (Wildman–Crippen LogP) is -0.584. The van der Waals surface area contributed by atoms with Crippen molar-refractivity contribution >= 4 is 51.7 Å². The van der Waals surface area contributed by atoms with Crippen molar-refractivity contribution in [2.24, 2.45) is 5.16 Å². The first-order chi connectivity index (χ1) is 16.2. The van der Waals surface area contributed by atoms with Crippen molar-refractivity contribution < 1.29 is 33.9 Å². The minimum atomic E-state index is -1.18.